The quantitative estimate of drug-likeness (QED) is 0.677. The SMILES string of the molecule is CCOC(=O)C(CCc1ccccc1)N[C@@H](C)C(=O)N1CCC2(CCOCC2)C1. The number of nitrogens with one attached hydrogen (secondary N) is 1. The number of ether oxygens (including phenoxy) is 2. The van der Waals surface area contributed by atoms with Gasteiger partial charge >= 0.3 is 5.97 Å². The van der Waals surface area contributed by atoms with Gasteiger partial charge in [0.15, 0.2) is 0 Å². The molecule has 2 aliphatic heterocycles. The summed E-state index contributed by atoms with van der Waals surface area (Å²) in [7, 11) is 0. The summed E-state index contributed by atoms with van der Waals surface area (Å²) >= 11 is 0. The van der Waals surface area contributed by atoms with E-state index < -0.39 is 12.1 Å². The number of hydrogen-bond donors (Lipinski definition) is 1. The Morgan fingerprint density at radius 1 is 1.21 bits per heavy atom. The number of carbonyl (C=O) groups is 2. The van der Waals surface area contributed by atoms with Gasteiger partial charge in [0.25, 0.3) is 0 Å². The van der Waals surface area contributed by atoms with E-state index in [-0.39, 0.29) is 17.3 Å². The van der Waals surface area contributed by atoms with Crippen LogP contribution in [0.4, 0.5) is 0 Å². The average molecular weight is 403 g/mol. The summed E-state index contributed by atoms with van der Waals surface area (Å²) < 4.78 is 10.7. The van der Waals surface area contributed by atoms with E-state index in [2.05, 4.69) is 5.32 Å². The minimum Gasteiger partial charge on any atom is -0.465 e. The van der Waals surface area contributed by atoms with Crippen molar-refractivity contribution >= 4 is 11.9 Å². The van der Waals surface area contributed by atoms with Gasteiger partial charge in [-0.3, -0.25) is 14.9 Å². The van der Waals surface area contributed by atoms with Crippen molar-refractivity contribution in [3.8, 4) is 0 Å². The van der Waals surface area contributed by atoms with Crippen LogP contribution in [-0.2, 0) is 25.5 Å². The zero-order valence-corrected chi connectivity index (χ0v) is 17.7. The Morgan fingerprint density at radius 3 is 2.62 bits per heavy atom. The lowest BCUT2D eigenvalue weighted by atomic mass is 9.80. The van der Waals surface area contributed by atoms with Crippen LogP contribution in [0.15, 0.2) is 30.3 Å². The topological polar surface area (TPSA) is 67.9 Å². The molecule has 1 spiro atoms. The molecule has 1 amide bonds. The predicted octanol–water partition coefficient (Wildman–Crippen LogP) is 2.56. The zero-order valence-electron chi connectivity index (χ0n) is 17.7. The van der Waals surface area contributed by atoms with E-state index in [1.807, 2.05) is 42.2 Å². The Balaban J connectivity index is 1.57. The second-order valence-electron chi connectivity index (χ2n) is 8.34. The van der Waals surface area contributed by atoms with Crippen LogP contribution in [0.2, 0.25) is 0 Å². The van der Waals surface area contributed by atoms with Gasteiger partial charge < -0.3 is 14.4 Å². The molecule has 1 aromatic rings. The number of amides is 1. The van der Waals surface area contributed by atoms with Gasteiger partial charge in [-0.05, 0) is 56.9 Å². The molecule has 2 heterocycles. The van der Waals surface area contributed by atoms with Crippen LogP contribution in [0.1, 0.15) is 45.1 Å². The monoisotopic (exact) mass is 402 g/mol. The van der Waals surface area contributed by atoms with E-state index in [0.717, 1.165) is 52.0 Å². The molecule has 6 nitrogen and oxygen atoms in total. The number of benzene rings is 1. The first-order valence-electron chi connectivity index (χ1n) is 10.9. The van der Waals surface area contributed by atoms with E-state index in [1.165, 1.54) is 5.56 Å². The van der Waals surface area contributed by atoms with Gasteiger partial charge in [-0.1, -0.05) is 30.3 Å². The highest BCUT2D eigenvalue weighted by atomic mass is 16.5. The molecule has 1 N–H and O–H groups in total. The fourth-order valence-electron chi connectivity index (χ4n) is 4.45. The molecular weight excluding hydrogens is 368 g/mol. The summed E-state index contributed by atoms with van der Waals surface area (Å²) in [5, 5.41) is 3.25. The lowest BCUT2D eigenvalue weighted by Crippen LogP contribution is -2.51. The minimum atomic E-state index is -0.492. The molecule has 1 aromatic carbocycles. The Kier molecular flexibility index (Phi) is 7.67. The molecule has 160 valence electrons. The third-order valence-corrected chi connectivity index (χ3v) is 6.26. The summed E-state index contributed by atoms with van der Waals surface area (Å²) in [6.45, 7) is 7.17. The van der Waals surface area contributed by atoms with Crippen molar-refractivity contribution < 1.29 is 19.1 Å². The van der Waals surface area contributed by atoms with Crippen LogP contribution in [0.5, 0.6) is 0 Å². The molecule has 2 atom stereocenters. The first kappa shape index (κ1) is 21.8. The molecule has 2 saturated heterocycles. The van der Waals surface area contributed by atoms with Crippen LogP contribution in [-0.4, -0.2) is 61.8 Å². The van der Waals surface area contributed by atoms with Crippen molar-refractivity contribution in [2.75, 3.05) is 32.9 Å². The van der Waals surface area contributed by atoms with Crippen molar-refractivity contribution in [1.29, 1.82) is 0 Å². The van der Waals surface area contributed by atoms with Crippen LogP contribution in [0.3, 0.4) is 0 Å². The van der Waals surface area contributed by atoms with E-state index in [1.54, 1.807) is 6.92 Å². The highest BCUT2D eigenvalue weighted by Gasteiger charge is 2.42. The number of aryl methyl sites for hydroxylation is 1. The van der Waals surface area contributed by atoms with Gasteiger partial charge in [-0.25, -0.2) is 0 Å². The van der Waals surface area contributed by atoms with E-state index in [0.29, 0.717) is 13.0 Å². The molecule has 0 aromatic heterocycles. The molecule has 0 bridgehead atoms. The van der Waals surface area contributed by atoms with Crippen molar-refractivity contribution in [2.45, 2.75) is 58.0 Å². The van der Waals surface area contributed by atoms with Gasteiger partial charge in [-0.2, -0.15) is 0 Å². The van der Waals surface area contributed by atoms with Crippen LogP contribution >= 0.6 is 0 Å². The number of nitrogens with zero attached hydrogens (tertiary/aromatic N) is 1. The van der Waals surface area contributed by atoms with E-state index in [9.17, 15) is 9.59 Å². The largest absolute Gasteiger partial charge is 0.465 e. The number of rotatable bonds is 8. The van der Waals surface area contributed by atoms with Gasteiger partial charge in [0, 0.05) is 26.3 Å². The first-order valence-corrected chi connectivity index (χ1v) is 10.9. The molecule has 0 aliphatic carbocycles. The van der Waals surface area contributed by atoms with Crippen molar-refractivity contribution in [2.24, 2.45) is 5.41 Å². The molecule has 0 saturated carbocycles. The summed E-state index contributed by atoms with van der Waals surface area (Å²) in [5.74, 6) is -0.215. The van der Waals surface area contributed by atoms with Crippen LogP contribution < -0.4 is 5.32 Å². The summed E-state index contributed by atoms with van der Waals surface area (Å²) in [5.41, 5.74) is 1.39. The Hall–Kier alpha value is -1.92. The second-order valence-corrected chi connectivity index (χ2v) is 8.34. The summed E-state index contributed by atoms with van der Waals surface area (Å²) in [4.78, 5) is 27.5. The highest BCUT2D eigenvalue weighted by Crippen LogP contribution is 2.39. The molecule has 0 radical (unpaired) electrons. The number of likely N-dealkylation sites (tertiary alicyclic amines) is 1. The predicted molar refractivity (Wildman–Crippen MR) is 111 cm³/mol. The standard InChI is InChI=1S/C23H34N2O4/c1-3-29-22(27)20(10-9-19-7-5-4-6-8-19)24-18(2)21(26)25-14-11-23(17-25)12-15-28-16-13-23/h4-8,18,20,24H,3,9-17H2,1-2H3/t18-,20?/m0/s1. The molecule has 29 heavy (non-hydrogen) atoms. The third kappa shape index (κ3) is 5.80. The van der Waals surface area contributed by atoms with Gasteiger partial charge in [-0.15, -0.1) is 0 Å². The van der Waals surface area contributed by atoms with Crippen molar-refractivity contribution in [3.63, 3.8) is 0 Å². The maximum Gasteiger partial charge on any atom is 0.323 e. The Morgan fingerprint density at radius 2 is 1.93 bits per heavy atom. The fourth-order valence-corrected chi connectivity index (χ4v) is 4.45. The molecule has 6 heteroatoms. The minimum absolute atomic E-state index is 0.0716. The zero-order chi connectivity index (χ0) is 20.7. The lowest BCUT2D eigenvalue weighted by molar-refractivity contribution is -0.146. The maximum atomic E-state index is 13.0. The van der Waals surface area contributed by atoms with E-state index in [4.69, 9.17) is 9.47 Å². The summed E-state index contributed by atoms with van der Waals surface area (Å²) in [6, 6.07) is 9.15. The first-order chi connectivity index (χ1) is 14.0. The fraction of sp³-hybridized carbons (Fsp3) is 0.652. The van der Waals surface area contributed by atoms with Crippen LogP contribution in [0.25, 0.3) is 0 Å². The Labute approximate surface area is 173 Å². The third-order valence-electron chi connectivity index (χ3n) is 6.26. The second kappa shape index (κ2) is 10.2. The molecular formula is C23H34N2O4. The van der Waals surface area contributed by atoms with Crippen molar-refractivity contribution in [3.05, 3.63) is 35.9 Å². The van der Waals surface area contributed by atoms with E-state index >= 15 is 0 Å². The Bertz CT molecular complexity index is 673. The van der Waals surface area contributed by atoms with Gasteiger partial charge in [0.05, 0.1) is 12.6 Å². The smallest absolute Gasteiger partial charge is 0.323 e. The highest BCUT2D eigenvalue weighted by molar-refractivity contribution is 5.83. The molecule has 3 rings (SSSR count). The van der Waals surface area contributed by atoms with Crippen molar-refractivity contribution in [1.82, 2.24) is 10.2 Å². The molecule has 1 unspecified atom stereocenters. The number of esters is 1. The number of carbonyl (C=O) groups excluding carboxylic acids is 2. The normalized spacial score (nSPS) is 20.4. The molecule has 2 aliphatic rings. The van der Waals surface area contributed by atoms with Gasteiger partial charge in [0.1, 0.15) is 6.04 Å². The summed E-state index contributed by atoms with van der Waals surface area (Å²) in [6.07, 6.45) is 4.46. The van der Waals surface area contributed by atoms with Crippen LogP contribution in [0, 0.1) is 5.41 Å². The van der Waals surface area contributed by atoms with Gasteiger partial charge in [0.2, 0.25) is 5.91 Å². The maximum absolute atomic E-state index is 13.0. The average Bonchev–Trinajstić information content (AvgIpc) is 3.14. The molecule has 2 fully saturated rings. The number of hydrogen-bond acceptors (Lipinski definition) is 5. The lowest BCUT2D eigenvalue weighted by Gasteiger charge is -2.33.